The van der Waals surface area contributed by atoms with Crippen LogP contribution < -0.4 is 0 Å². The molecule has 0 N–H and O–H groups in total. The highest BCUT2D eigenvalue weighted by molar-refractivity contribution is 5.11. The zero-order valence-electron chi connectivity index (χ0n) is 12.3. The summed E-state index contributed by atoms with van der Waals surface area (Å²) in [5.41, 5.74) is -6.03. The monoisotopic (exact) mass is 460 g/mol. The summed E-state index contributed by atoms with van der Waals surface area (Å²) in [6.07, 6.45) is -28.1. The number of alkyl halides is 16. The van der Waals surface area contributed by atoms with Crippen LogP contribution >= 0.6 is 0 Å². The van der Waals surface area contributed by atoms with Crippen LogP contribution in [-0.4, -0.2) is 55.6 Å². The van der Waals surface area contributed by atoms with Crippen molar-refractivity contribution in [1.82, 2.24) is 0 Å². The molecule has 1 aliphatic rings. The Morgan fingerprint density at radius 1 is 0.464 bits per heavy atom. The van der Waals surface area contributed by atoms with Crippen LogP contribution in [0.15, 0.2) is 0 Å². The van der Waals surface area contributed by atoms with Crippen molar-refractivity contribution in [3.63, 3.8) is 0 Å². The first-order valence-corrected chi connectivity index (χ1v) is 6.22. The molecule has 1 aliphatic heterocycles. The second-order valence-electron chi connectivity index (χ2n) is 5.42. The van der Waals surface area contributed by atoms with Crippen LogP contribution in [0.2, 0.25) is 0 Å². The van der Waals surface area contributed by atoms with Crippen LogP contribution in [0.3, 0.4) is 0 Å². The number of rotatable bonds is 2. The molecule has 1 saturated heterocycles. The highest BCUT2D eigenvalue weighted by Crippen LogP contribution is 2.63. The molecule has 0 aromatic rings. The van der Waals surface area contributed by atoms with E-state index >= 15 is 0 Å². The fourth-order valence-corrected chi connectivity index (χ4v) is 2.12. The number of hydrogen-bond donors (Lipinski definition) is 0. The minimum atomic E-state index is -7.26. The molecule has 1 heterocycles. The fraction of sp³-hybridized carbons (Fsp3) is 1.00. The van der Waals surface area contributed by atoms with Gasteiger partial charge in [-0.1, -0.05) is 0 Å². The van der Waals surface area contributed by atoms with Crippen molar-refractivity contribution in [1.29, 1.82) is 0 Å². The van der Waals surface area contributed by atoms with Gasteiger partial charge in [0.2, 0.25) is 0 Å². The highest BCUT2D eigenvalue weighted by atomic mass is 19.4. The Bertz CT molecular complexity index is 526. The van der Waals surface area contributed by atoms with Crippen LogP contribution in [-0.2, 0) is 9.47 Å². The third-order valence-electron chi connectivity index (χ3n) is 3.70. The van der Waals surface area contributed by atoms with Gasteiger partial charge in [0, 0.05) is 0 Å². The first-order chi connectivity index (χ1) is 11.9. The normalized spacial score (nSPS) is 22.3. The lowest BCUT2D eigenvalue weighted by Gasteiger charge is -2.51. The molecular weight excluding hydrogens is 456 g/mol. The van der Waals surface area contributed by atoms with E-state index in [4.69, 9.17) is 0 Å². The maximum atomic E-state index is 13.5. The van der Waals surface area contributed by atoms with Gasteiger partial charge in [0.25, 0.3) is 0 Å². The van der Waals surface area contributed by atoms with Gasteiger partial charge < -0.3 is 9.47 Å². The molecule has 1 rings (SSSR count). The van der Waals surface area contributed by atoms with E-state index in [2.05, 4.69) is 9.47 Å². The molecule has 0 saturated carbocycles. The van der Waals surface area contributed by atoms with Crippen molar-refractivity contribution >= 4 is 0 Å². The largest absolute Gasteiger partial charge is 0.454 e. The lowest BCUT2D eigenvalue weighted by atomic mass is 9.74. The van der Waals surface area contributed by atoms with Gasteiger partial charge in [0.15, 0.2) is 5.41 Å². The molecule has 0 unspecified atom stereocenters. The summed E-state index contributed by atoms with van der Waals surface area (Å²) in [5.74, 6) is -20.4. The van der Waals surface area contributed by atoms with Gasteiger partial charge in [-0.05, 0) is 0 Å². The predicted molar refractivity (Wildman–Crippen MR) is 51.2 cm³/mol. The van der Waals surface area contributed by atoms with Gasteiger partial charge in [-0.15, -0.1) is 0 Å². The lowest BCUT2D eigenvalue weighted by Crippen LogP contribution is -2.75. The Morgan fingerprint density at radius 3 is 0.893 bits per heavy atom. The minimum absolute atomic E-state index is 2.74. The minimum Gasteiger partial charge on any atom is -0.334 e. The zero-order valence-corrected chi connectivity index (χ0v) is 12.3. The molecule has 168 valence electrons. The average Bonchev–Trinajstić information content (AvgIpc) is 2.41. The van der Waals surface area contributed by atoms with Crippen LogP contribution in [0, 0.1) is 5.41 Å². The van der Waals surface area contributed by atoms with E-state index in [-0.39, 0.29) is 0 Å². The molecule has 0 bridgehead atoms. The van der Waals surface area contributed by atoms with E-state index in [9.17, 15) is 70.2 Å². The Labute approximate surface area is 142 Å². The molecule has 0 aromatic heterocycles. The van der Waals surface area contributed by atoms with Gasteiger partial charge >= 0.3 is 42.3 Å². The van der Waals surface area contributed by atoms with E-state index in [0.717, 1.165) is 0 Å². The van der Waals surface area contributed by atoms with Gasteiger partial charge in [-0.3, -0.25) is 0 Å². The maximum Gasteiger partial charge on any atom is 0.454 e. The standard InChI is InChI=1S/C10H4F16O2/c11-4(12,7(15,16)17)3(5(13,14)8(18,19)20)1-27-6(28-2-3,9(21,22)23)10(24,25)26/h1-2H2. The van der Waals surface area contributed by atoms with Crippen LogP contribution in [0.25, 0.3) is 0 Å². The highest BCUT2D eigenvalue weighted by Gasteiger charge is 2.88. The summed E-state index contributed by atoms with van der Waals surface area (Å²) in [7, 11) is 0. The second kappa shape index (κ2) is 6.15. The van der Waals surface area contributed by atoms with Gasteiger partial charge in [0.05, 0.1) is 13.2 Å². The smallest absolute Gasteiger partial charge is 0.334 e. The summed E-state index contributed by atoms with van der Waals surface area (Å²) in [4.78, 5) is 0. The molecule has 1 fully saturated rings. The molecule has 18 heteroatoms. The molecule has 0 radical (unpaired) electrons. The number of ether oxygens (including phenoxy) is 2. The SMILES string of the molecule is FC(F)(F)C(F)(F)C1(C(F)(F)C(F)(F)F)COC(C(F)(F)F)(C(F)(F)F)OC1. The van der Waals surface area contributed by atoms with Crippen molar-refractivity contribution in [2.45, 2.75) is 42.3 Å². The van der Waals surface area contributed by atoms with Crippen molar-refractivity contribution in [3.8, 4) is 0 Å². The third-order valence-corrected chi connectivity index (χ3v) is 3.70. The fourth-order valence-electron chi connectivity index (χ4n) is 2.12. The van der Waals surface area contributed by atoms with Crippen molar-refractivity contribution in [2.75, 3.05) is 13.2 Å². The molecule has 0 amide bonds. The molecule has 2 nitrogen and oxygen atoms in total. The van der Waals surface area contributed by atoms with E-state index in [1.807, 2.05) is 0 Å². The summed E-state index contributed by atoms with van der Waals surface area (Å²) in [6.45, 7) is -7.32. The summed E-state index contributed by atoms with van der Waals surface area (Å²) in [5, 5.41) is 0. The molecule has 0 aliphatic carbocycles. The van der Waals surface area contributed by atoms with E-state index in [1.165, 1.54) is 0 Å². The first kappa shape index (κ1) is 24.8. The Balaban J connectivity index is 3.67. The van der Waals surface area contributed by atoms with Crippen LogP contribution in [0.4, 0.5) is 70.2 Å². The summed E-state index contributed by atoms with van der Waals surface area (Å²) in [6, 6.07) is 0. The van der Waals surface area contributed by atoms with Crippen molar-refractivity contribution in [3.05, 3.63) is 0 Å². The van der Waals surface area contributed by atoms with Crippen LogP contribution in [0.5, 0.6) is 0 Å². The molecule has 0 atom stereocenters. The van der Waals surface area contributed by atoms with E-state index < -0.39 is 61.0 Å². The third kappa shape index (κ3) is 3.15. The molecule has 0 spiro atoms. The second-order valence-corrected chi connectivity index (χ2v) is 5.42. The van der Waals surface area contributed by atoms with Crippen LogP contribution in [0.1, 0.15) is 0 Å². The quantitative estimate of drug-likeness (QED) is 0.526. The Morgan fingerprint density at radius 2 is 0.714 bits per heavy atom. The van der Waals surface area contributed by atoms with Gasteiger partial charge in [-0.2, -0.15) is 70.2 Å². The van der Waals surface area contributed by atoms with Gasteiger partial charge in [-0.25, -0.2) is 0 Å². The zero-order chi connectivity index (χ0) is 22.8. The first-order valence-electron chi connectivity index (χ1n) is 6.22. The summed E-state index contributed by atoms with van der Waals surface area (Å²) >= 11 is 0. The average molecular weight is 460 g/mol. The predicted octanol–water partition coefficient (Wildman–Crippen LogP) is 5.24. The van der Waals surface area contributed by atoms with E-state index in [1.54, 1.807) is 0 Å². The Hall–Kier alpha value is -1.20. The lowest BCUT2D eigenvalue weighted by molar-refractivity contribution is -0.523. The molecule has 0 aromatic carbocycles. The number of halogens is 16. The molecule has 28 heavy (non-hydrogen) atoms. The maximum absolute atomic E-state index is 13.5. The number of hydrogen-bond acceptors (Lipinski definition) is 2. The Kier molecular flexibility index (Phi) is 5.45. The van der Waals surface area contributed by atoms with Crippen molar-refractivity contribution in [2.24, 2.45) is 5.41 Å². The molecular formula is C10H4F16O2. The van der Waals surface area contributed by atoms with E-state index in [0.29, 0.717) is 0 Å². The topological polar surface area (TPSA) is 18.5 Å². The van der Waals surface area contributed by atoms with Gasteiger partial charge in [0.1, 0.15) is 0 Å². The van der Waals surface area contributed by atoms with Crippen molar-refractivity contribution < 1.29 is 79.7 Å². The summed E-state index contributed by atoms with van der Waals surface area (Å²) < 4.78 is 210.